The number of amides is 2. The molecule has 0 aromatic heterocycles. The first-order valence-corrected chi connectivity index (χ1v) is 7.46. The van der Waals surface area contributed by atoms with Crippen LogP contribution in [0.5, 0.6) is 0 Å². The van der Waals surface area contributed by atoms with Crippen molar-refractivity contribution in [2.24, 2.45) is 5.10 Å². The number of rotatable bonds is 5. The lowest BCUT2D eigenvalue weighted by Gasteiger charge is -2.20. The van der Waals surface area contributed by atoms with Gasteiger partial charge in [0.25, 0.3) is 5.91 Å². The molecule has 2 amide bonds. The maximum atomic E-state index is 12.4. The zero-order chi connectivity index (χ0) is 16.1. The molecule has 6 heteroatoms. The van der Waals surface area contributed by atoms with Gasteiger partial charge in [-0.05, 0) is 38.1 Å². The number of benzene rings is 1. The summed E-state index contributed by atoms with van der Waals surface area (Å²) >= 11 is 0. The summed E-state index contributed by atoms with van der Waals surface area (Å²) in [5.74, 6) is -0.313. The number of carbonyl (C=O) groups excluding carboxylic acids is 2. The summed E-state index contributed by atoms with van der Waals surface area (Å²) in [4.78, 5) is 25.4. The van der Waals surface area contributed by atoms with Crippen LogP contribution in [0.15, 0.2) is 29.4 Å². The number of carbonyl (C=O) groups is 2. The molecular formula is C16H22N4O2. The highest BCUT2D eigenvalue weighted by Gasteiger charge is 2.18. The molecule has 1 aromatic carbocycles. The Morgan fingerprint density at radius 1 is 1.32 bits per heavy atom. The van der Waals surface area contributed by atoms with Gasteiger partial charge in [0, 0.05) is 37.8 Å². The highest BCUT2D eigenvalue weighted by Crippen LogP contribution is 2.20. The van der Waals surface area contributed by atoms with Crippen LogP contribution >= 0.6 is 0 Å². The minimum Gasteiger partial charge on any atom is -0.358 e. The van der Waals surface area contributed by atoms with E-state index >= 15 is 0 Å². The first-order valence-electron chi connectivity index (χ1n) is 7.46. The largest absolute Gasteiger partial charge is 0.358 e. The van der Waals surface area contributed by atoms with Crippen LogP contribution in [0.1, 0.15) is 30.6 Å². The number of hydrazone groups is 1. The predicted octanol–water partition coefficient (Wildman–Crippen LogP) is 1.48. The van der Waals surface area contributed by atoms with E-state index in [1.807, 2.05) is 31.0 Å². The van der Waals surface area contributed by atoms with Gasteiger partial charge in [-0.15, -0.1) is 0 Å². The lowest BCUT2D eigenvalue weighted by Crippen LogP contribution is -2.39. The smallest absolute Gasteiger partial charge is 0.254 e. The fourth-order valence-corrected chi connectivity index (χ4v) is 2.30. The van der Waals surface area contributed by atoms with Crippen molar-refractivity contribution in [1.29, 1.82) is 0 Å². The molecule has 118 valence electrons. The van der Waals surface area contributed by atoms with Crippen LogP contribution in [-0.4, -0.2) is 49.1 Å². The molecule has 1 aliphatic rings. The zero-order valence-corrected chi connectivity index (χ0v) is 13.3. The van der Waals surface area contributed by atoms with E-state index in [2.05, 4.69) is 10.4 Å². The molecule has 6 nitrogen and oxygen atoms in total. The van der Waals surface area contributed by atoms with Crippen LogP contribution in [0.25, 0.3) is 0 Å². The fourth-order valence-electron chi connectivity index (χ4n) is 2.30. The van der Waals surface area contributed by atoms with Crippen molar-refractivity contribution < 1.29 is 9.59 Å². The molecule has 0 aliphatic carbocycles. The summed E-state index contributed by atoms with van der Waals surface area (Å²) in [7, 11) is 1.56. The van der Waals surface area contributed by atoms with Gasteiger partial charge >= 0.3 is 0 Å². The summed E-state index contributed by atoms with van der Waals surface area (Å²) < 4.78 is 0. The number of anilines is 1. The Labute approximate surface area is 130 Å². The van der Waals surface area contributed by atoms with E-state index in [9.17, 15) is 9.59 Å². The molecule has 0 unspecified atom stereocenters. The van der Waals surface area contributed by atoms with Gasteiger partial charge in [-0.1, -0.05) is 0 Å². The van der Waals surface area contributed by atoms with Crippen molar-refractivity contribution in [3.8, 4) is 0 Å². The Morgan fingerprint density at radius 2 is 2.00 bits per heavy atom. The highest BCUT2D eigenvalue weighted by molar-refractivity contribution is 5.96. The molecule has 0 bridgehead atoms. The van der Waals surface area contributed by atoms with Crippen molar-refractivity contribution in [2.45, 2.75) is 20.3 Å². The Hall–Kier alpha value is -2.37. The topological polar surface area (TPSA) is 65.0 Å². The van der Waals surface area contributed by atoms with Crippen molar-refractivity contribution >= 4 is 23.2 Å². The Bertz CT molecular complexity index is 580. The van der Waals surface area contributed by atoms with E-state index in [-0.39, 0.29) is 18.4 Å². The third kappa shape index (κ3) is 3.63. The number of hydrogen-bond donors (Lipinski definition) is 1. The molecule has 1 heterocycles. The average Bonchev–Trinajstić information content (AvgIpc) is 2.98. The van der Waals surface area contributed by atoms with Crippen LogP contribution in [0.2, 0.25) is 0 Å². The maximum absolute atomic E-state index is 12.4. The molecule has 1 aromatic rings. The van der Waals surface area contributed by atoms with Crippen molar-refractivity contribution in [3.63, 3.8) is 0 Å². The van der Waals surface area contributed by atoms with Gasteiger partial charge in [0.05, 0.1) is 12.2 Å². The van der Waals surface area contributed by atoms with Crippen molar-refractivity contribution in [3.05, 3.63) is 29.8 Å². The van der Waals surface area contributed by atoms with E-state index in [1.165, 1.54) is 4.90 Å². The quantitative estimate of drug-likeness (QED) is 0.896. The second-order valence-corrected chi connectivity index (χ2v) is 5.25. The number of nitrogens with zero attached hydrogens (tertiary/aromatic N) is 3. The minimum atomic E-state index is -0.173. The van der Waals surface area contributed by atoms with E-state index < -0.39 is 0 Å². The third-order valence-electron chi connectivity index (χ3n) is 3.67. The van der Waals surface area contributed by atoms with E-state index in [1.54, 1.807) is 19.2 Å². The lowest BCUT2D eigenvalue weighted by molar-refractivity contribution is -0.121. The maximum Gasteiger partial charge on any atom is 0.254 e. The van der Waals surface area contributed by atoms with Crippen molar-refractivity contribution in [1.82, 2.24) is 10.2 Å². The van der Waals surface area contributed by atoms with Gasteiger partial charge in [-0.2, -0.15) is 5.10 Å². The monoisotopic (exact) mass is 302 g/mol. The molecule has 0 atom stereocenters. The SMILES string of the molecule is CCN(CC(=O)NC)C(=O)c1ccc(N2CCC(C)=N2)cc1. The van der Waals surface area contributed by atoms with Crippen LogP contribution < -0.4 is 10.3 Å². The summed E-state index contributed by atoms with van der Waals surface area (Å²) in [6.45, 7) is 5.30. The Kier molecular flexibility index (Phi) is 5.14. The molecule has 22 heavy (non-hydrogen) atoms. The van der Waals surface area contributed by atoms with Gasteiger partial charge in [0.15, 0.2) is 0 Å². The Morgan fingerprint density at radius 3 is 2.50 bits per heavy atom. The summed E-state index contributed by atoms with van der Waals surface area (Å²) in [6.07, 6.45) is 0.969. The number of nitrogens with one attached hydrogen (secondary N) is 1. The van der Waals surface area contributed by atoms with Gasteiger partial charge in [0.2, 0.25) is 5.91 Å². The standard InChI is InChI=1S/C16H22N4O2/c1-4-19(11-15(21)17-3)16(22)13-5-7-14(8-6-13)20-10-9-12(2)18-20/h5-8H,4,9-11H2,1-3H3,(H,17,21). The first-order chi connectivity index (χ1) is 10.5. The number of hydrogen-bond acceptors (Lipinski definition) is 4. The van der Waals surface area contributed by atoms with Gasteiger partial charge in [0.1, 0.15) is 0 Å². The molecule has 2 rings (SSSR count). The highest BCUT2D eigenvalue weighted by atomic mass is 16.2. The molecule has 1 aliphatic heterocycles. The van der Waals surface area contributed by atoms with Crippen LogP contribution in [0, 0.1) is 0 Å². The lowest BCUT2D eigenvalue weighted by atomic mass is 10.1. The average molecular weight is 302 g/mol. The van der Waals surface area contributed by atoms with Gasteiger partial charge in [-0.3, -0.25) is 14.6 Å². The Balaban J connectivity index is 2.08. The second kappa shape index (κ2) is 7.06. The molecule has 0 fully saturated rings. The minimum absolute atomic E-state index is 0.0726. The fraction of sp³-hybridized carbons (Fsp3) is 0.438. The summed E-state index contributed by atoms with van der Waals surface area (Å²) in [5.41, 5.74) is 2.67. The van der Waals surface area contributed by atoms with Crippen molar-refractivity contribution in [2.75, 3.05) is 31.7 Å². The normalized spacial score (nSPS) is 13.8. The number of likely N-dealkylation sites (N-methyl/N-ethyl adjacent to an activating group) is 2. The molecule has 0 saturated heterocycles. The summed E-state index contributed by atoms with van der Waals surface area (Å²) in [5, 5.41) is 8.91. The van der Waals surface area contributed by atoms with Crippen LogP contribution in [-0.2, 0) is 4.79 Å². The van der Waals surface area contributed by atoms with E-state index in [4.69, 9.17) is 0 Å². The van der Waals surface area contributed by atoms with Crippen LogP contribution in [0.3, 0.4) is 0 Å². The van der Waals surface area contributed by atoms with Gasteiger partial charge in [-0.25, -0.2) is 0 Å². The van der Waals surface area contributed by atoms with E-state index in [0.29, 0.717) is 12.1 Å². The molecule has 0 radical (unpaired) electrons. The molecule has 0 saturated carbocycles. The second-order valence-electron chi connectivity index (χ2n) is 5.25. The molecule has 1 N–H and O–H groups in total. The predicted molar refractivity (Wildman–Crippen MR) is 87.2 cm³/mol. The first kappa shape index (κ1) is 16.0. The molecular weight excluding hydrogens is 280 g/mol. The zero-order valence-electron chi connectivity index (χ0n) is 13.3. The third-order valence-corrected chi connectivity index (χ3v) is 3.67. The van der Waals surface area contributed by atoms with E-state index in [0.717, 1.165) is 24.4 Å². The van der Waals surface area contributed by atoms with Crippen LogP contribution in [0.4, 0.5) is 5.69 Å². The summed E-state index contributed by atoms with van der Waals surface area (Å²) in [6, 6.07) is 7.35. The van der Waals surface area contributed by atoms with Gasteiger partial charge < -0.3 is 10.2 Å². The molecule has 0 spiro atoms.